The molecule has 2 N–H and O–H groups in total. The average Bonchev–Trinajstić information content (AvgIpc) is 2.90. The summed E-state index contributed by atoms with van der Waals surface area (Å²) in [4.78, 5) is 25.8. The van der Waals surface area contributed by atoms with E-state index in [1.54, 1.807) is 6.92 Å². The average molecular weight is 281 g/mol. The van der Waals surface area contributed by atoms with Crippen LogP contribution in [-0.4, -0.2) is 48.9 Å². The van der Waals surface area contributed by atoms with Gasteiger partial charge >= 0.3 is 0 Å². The third-order valence-corrected chi connectivity index (χ3v) is 5.02. The van der Waals surface area contributed by atoms with E-state index >= 15 is 0 Å². The van der Waals surface area contributed by atoms with Crippen LogP contribution in [0.15, 0.2) is 0 Å². The van der Waals surface area contributed by atoms with Crippen LogP contribution in [0.3, 0.4) is 0 Å². The van der Waals surface area contributed by atoms with Gasteiger partial charge in [-0.3, -0.25) is 9.59 Å². The number of nitrogens with one attached hydrogen (secondary N) is 2. The Labute approximate surface area is 121 Å². The van der Waals surface area contributed by atoms with Gasteiger partial charge in [0.2, 0.25) is 11.8 Å². The highest BCUT2D eigenvalue weighted by Gasteiger charge is 2.44. The Balaban J connectivity index is 1.90. The van der Waals surface area contributed by atoms with Gasteiger partial charge in [0.1, 0.15) is 0 Å². The van der Waals surface area contributed by atoms with Crippen molar-refractivity contribution in [2.24, 2.45) is 11.3 Å². The van der Waals surface area contributed by atoms with Crippen molar-refractivity contribution in [3.8, 4) is 0 Å². The highest BCUT2D eigenvalue weighted by molar-refractivity contribution is 5.84. The van der Waals surface area contributed by atoms with E-state index in [0.29, 0.717) is 5.92 Å². The first-order valence-electron chi connectivity index (χ1n) is 7.73. The highest BCUT2D eigenvalue weighted by atomic mass is 16.2. The smallest absolute Gasteiger partial charge is 0.228 e. The molecule has 0 bridgehead atoms. The lowest BCUT2D eigenvalue weighted by atomic mass is 9.75. The van der Waals surface area contributed by atoms with Crippen molar-refractivity contribution in [3.63, 3.8) is 0 Å². The first-order valence-corrected chi connectivity index (χ1v) is 7.73. The van der Waals surface area contributed by atoms with Crippen LogP contribution in [0.4, 0.5) is 0 Å². The minimum absolute atomic E-state index is 0.133. The minimum Gasteiger partial charge on any atom is -0.353 e. The Morgan fingerprint density at radius 2 is 1.95 bits per heavy atom. The molecular weight excluding hydrogens is 254 g/mol. The number of likely N-dealkylation sites (tertiary alicyclic amines) is 1. The van der Waals surface area contributed by atoms with Gasteiger partial charge in [0, 0.05) is 32.6 Å². The number of piperidine rings is 1. The van der Waals surface area contributed by atoms with Gasteiger partial charge in [0.05, 0.1) is 5.41 Å². The van der Waals surface area contributed by atoms with Gasteiger partial charge in [-0.2, -0.15) is 0 Å². The third-order valence-electron chi connectivity index (χ3n) is 5.02. The van der Waals surface area contributed by atoms with Crippen molar-refractivity contribution in [2.45, 2.75) is 46.1 Å². The van der Waals surface area contributed by atoms with E-state index in [1.807, 2.05) is 4.90 Å². The van der Waals surface area contributed by atoms with Gasteiger partial charge in [0.25, 0.3) is 0 Å². The second-order valence-electron chi connectivity index (χ2n) is 6.49. The molecule has 1 atom stereocenters. The van der Waals surface area contributed by atoms with E-state index in [0.717, 1.165) is 45.4 Å². The first kappa shape index (κ1) is 15.3. The lowest BCUT2D eigenvalue weighted by Crippen LogP contribution is -2.52. The molecule has 0 aromatic rings. The molecule has 2 heterocycles. The number of amides is 2. The van der Waals surface area contributed by atoms with Gasteiger partial charge in [-0.05, 0) is 31.7 Å². The number of carbonyl (C=O) groups is 2. The third kappa shape index (κ3) is 2.97. The molecule has 0 aliphatic carbocycles. The summed E-state index contributed by atoms with van der Waals surface area (Å²) in [5.41, 5.74) is -0.252. The zero-order chi connectivity index (χ0) is 14.8. The highest BCUT2D eigenvalue weighted by Crippen LogP contribution is 2.34. The molecule has 5 nitrogen and oxygen atoms in total. The molecule has 5 heteroatoms. The van der Waals surface area contributed by atoms with Crippen LogP contribution in [-0.2, 0) is 9.59 Å². The predicted molar refractivity (Wildman–Crippen MR) is 78.2 cm³/mol. The Kier molecular flexibility index (Phi) is 4.68. The fourth-order valence-electron chi connectivity index (χ4n) is 3.33. The zero-order valence-electron chi connectivity index (χ0n) is 12.9. The quantitative estimate of drug-likeness (QED) is 0.802. The van der Waals surface area contributed by atoms with Crippen LogP contribution in [0.5, 0.6) is 0 Å². The molecule has 0 spiro atoms. The van der Waals surface area contributed by atoms with Crippen molar-refractivity contribution in [2.75, 3.05) is 26.2 Å². The standard InChI is InChI=1S/C15H27N3O2/c1-11(2)15(6-7-16-10-15)14(20)17-13-4-8-18(9-5-13)12(3)19/h11,13,16H,4-10H2,1-3H3,(H,17,20). The number of hydrogen-bond acceptors (Lipinski definition) is 3. The van der Waals surface area contributed by atoms with Crippen molar-refractivity contribution < 1.29 is 9.59 Å². The summed E-state index contributed by atoms with van der Waals surface area (Å²) < 4.78 is 0. The summed E-state index contributed by atoms with van der Waals surface area (Å²) in [7, 11) is 0. The maximum Gasteiger partial charge on any atom is 0.228 e. The molecule has 1 unspecified atom stereocenters. The Bertz CT molecular complexity index is 367. The van der Waals surface area contributed by atoms with Crippen molar-refractivity contribution in [3.05, 3.63) is 0 Å². The van der Waals surface area contributed by atoms with Gasteiger partial charge in [-0.15, -0.1) is 0 Å². The second kappa shape index (κ2) is 6.12. The van der Waals surface area contributed by atoms with Crippen molar-refractivity contribution in [1.82, 2.24) is 15.5 Å². The number of hydrogen-bond donors (Lipinski definition) is 2. The fraction of sp³-hybridized carbons (Fsp3) is 0.867. The topological polar surface area (TPSA) is 61.4 Å². The normalized spacial score (nSPS) is 27.9. The van der Waals surface area contributed by atoms with E-state index in [2.05, 4.69) is 24.5 Å². The van der Waals surface area contributed by atoms with E-state index in [-0.39, 0.29) is 23.3 Å². The Morgan fingerprint density at radius 3 is 2.40 bits per heavy atom. The molecule has 0 radical (unpaired) electrons. The van der Waals surface area contributed by atoms with Crippen LogP contribution in [0.2, 0.25) is 0 Å². The molecule has 2 aliphatic rings. The number of rotatable bonds is 3. The van der Waals surface area contributed by atoms with Gasteiger partial charge < -0.3 is 15.5 Å². The van der Waals surface area contributed by atoms with Crippen LogP contribution < -0.4 is 10.6 Å². The molecule has 0 saturated carbocycles. The van der Waals surface area contributed by atoms with Crippen molar-refractivity contribution in [1.29, 1.82) is 0 Å². The molecule has 2 amide bonds. The van der Waals surface area contributed by atoms with Crippen LogP contribution >= 0.6 is 0 Å². The van der Waals surface area contributed by atoms with E-state index in [1.165, 1.54) is 0 Å². The summed E-state index contributed by atoms with van der Waals surface area (Å²) in [6.45, 7) is 9.09. The summed E-state index contributed by atoms with van der Waals surface area (Å²) in [5.74, 6) is 0.669. The molecule has 2 fully saturated rings. The molecular formula is C15H27N3O2. The van der Waals surface area contributed by atoms with E-state index < -0.39 is 0 Å². The van der Waals surface area contributed by atoms with Gasteiger partial charge in [-0.25, -0.2) is 0 Å². The summed E-state index contributed by atoms with van der Waals surface area (Å²) in [5, 5.41) is 6.55. The van der Waals surface area contributed by atoms with E-state index in [4.69, 9.17) is 0 Å². The summed E-state index contributed by atoms with van der Waals surface area (Å²) in [6, 6.07) is 0.217. The molecule has 2 rings (SSSR count). The Morgan fingerprint density at radius 1 is 1.30 bits per heavy atom. The SMILES string of the molecule is CC(=O)N1CCC(NC(=O)C2(C(C)C)CCNC2)CC1. The second-order valence-corrected chi connectivity index (χ2v) is 6.49. The van der Waals surface area contributed by atoms with Crippen LogP contribution in [0.25, 0.3) is 0 Å². The number of carbonyl (C=O) groups excluding carboxylic acids is 2. The van der Waals surface area contributed by atoms with Crippen LogP contribution in [0.1, 0.15) is 40.0 Å². The zero-order valence-corrected chi connectivity index (χ0v) is 12.9. The van der Waals surface area contributed by atoms with Gasteiger partial charge in [0.15, 0.2) is 0 Å². The Hall–Kier alpha value is -1.10. The predicted octanol–water partition coefficient (Wildman–Crippen LogP) is 0.749. The summed E-state index contributed by atoms with van der Waals surface area (Å²) >= 11 is 0. The molecule has 114 valence electrons. The maximum absolute atomic E-state index is 12.7. The molecule has 20 heavy (non-hydrogen) atoms. The maximum atomic E-state index is 12.7. The molecule has 2 saturated heterocycles. The largest absolute Gasteiger partial charge is 0.353 e. The molecule has 0 aromatic carbocycles. The fourth-order valence-corrected chi connectivity index (χ4v) is 3.33. The molecule has 0 aromatic heterocycles. The minimum atomic E-state index is -0.252. The first-order chi connectivity index (χ1) is 9.45. The summed E-state index contributed by atoms with van der Waals surface area (Å²) in [6.07, 6.45) is 2.66. The van der Waals surface area contributed by atoms with E-state index in [9.17, 15) is 9.59 Å². The lowest BCUT2D eigenvalue weighted by Gasteiger charge is -2.36. The monoisotopic (exact) mass is 281 g/mol. The number of nitrogens with zero attached hydrogens (tertiary/aromatic N) is 1. The van der Waals surface area contributed by atoms with Crippen LogP contribution in [0, 0.1) is 11.3 Å². The van der Waals surface area contributed by atoms with Crippen molar-refractivity contribution >= 4 is 11.8 Å². The van der Waals surface area contributed by atoms with Gasteiger partial charge in [-0.1, -0.05) is 13.8 Å². The lowest BCUT2D eigenvalue weighted by molar-refractivity contribution is -0.134. The molecule has 2 aliphatic heterocycles.